The predicted molar refractivity (Wildman–Crippen MR) is 53.6 cm³/mol. The lowest BCUT2D eigenvalue weighted by Gasteiger charge is -2.08. The zero-order valence-electron chi connectivity index (χ0n) is 7.59. The van der Waals surface area contributed by atoms with Gasteiger partial charge in [-0.3, -0.25) is 9.97 Å². The van der Waals surface area contributed by atoms with Crippen molar-refractivity contribution in [2.75, 3.05) is 6.61 Å². The number of aliphatic hydroxyl groups is 1. The lowest BCUT2D eigenvalue weighted by atomic mass is 10.1. The van der Waals surface area contributed by atoms with Gasteiger partial charge in [0, 0.05) is 12.4 Å². The summed E-state index contributed by atoms with van der Waals surface area (Å²) < 4.78 is 0. The van der Waals surface area contributed by atoms with Gasteiger partial charge in [-0.2, -0.15) is 0 Å². The van der Waals surface area contributed by atoms with Gasteiger partial charge in [0.15, 0.2) is 0 Å². The molecule has 0 saturated heterocycles. The smallest absolute Gasteiger partial charge is 0.0890 e. The minimum atomic E-state index is -0.346. The maximum atomic E-state index is 8.90. The van der Waals surface area contributed by atoms with E-state index in [-0.39, 0.29) is 12.6 Å². The molecule has 1 aromatic heterocycles. The van der Waals surface area contributed by atoms with E-state index in [4.69, 9.17) is 10.8 Å². The predicted octanol–water partition coefficient (Wildman–Crippen LogP) is 0.622. The van der Waals surface area contributed by atoms with Crippen LogP contribution in [0.5, 0.6) is 0 Å². The van der Waals surface area contributed by atoms with E-state index in [0.29, 0.717) is 0 Å². The fourth-order valence-corrected chi connectivity index (χ4v) is 1.32. The molecule has 1 unspecified atom stereocenters. The second kappa shape index (κ2) is 3.69. The monoisotopic (exact) mass is 189 g/mol. The van der Waals surface area contributed by atoms with Crippen LogP contribution in [0.4, 0.5) is 0 Å². The Kier molecular flexibility index (Phi) is 2.39. The summed E-state index contributed by atoms with van der Waals surface area (Å²) in [6.45, 7) is -0.0637. The fourth-order valence-electron chi connectivity index (χ4n) is 1.32. The first-order valence-electron chi connectivity index (χ1n) is 4.38. The van der Waals surface area contributed by atoms with Crippen LogP contribution >= 0.6 is 0 Å². The average molecular weight is 189 g/mol. The van der Waals surface area contributed by atoms with Crippen molar-refractivity contribution >= 4 is 11.0 Å². The minimum Gasteiger partial charge on any atom is -0.394 e. The van der Waals surface area contributed by atoms with Crippen LogP contribution in [-0.2, 0) is 0 Å². The quantitative estimate of drug-likeness (QED) is 0.726. The van der Waals surface area contributed by atoms with Gasteiger partial charge >= 0.3 is 0 Å². The first-order chi connectivity index (χ1) is 6.81. The number of fused-ring (bicyclic) bond motifs is 1. The molecule has 0 radical (unpaired) electrons. The van der Waals surface area contributed by atoms with Gasteiger partial charge in [-0.25, -0.2) is 0 Å². The van der Waals surface area contributed by atoms with Crippen LogP contribution in [0.15, 0.2) is 30.6 Å². The largest absolute Gasteiger partial charge is 0.394 e. The second-order valence-electron chi connectivity index (χ2n) is 3.09. The van der Waals surface area contributed by atoms with Gasteiger partial charge in [0.05, 0.1) is 23.7 Å². The van der Waals surface area contributed by atoms with Crippen molar-refractivity contribution < 1.29 is 5.11 Å². The Bertz CT molecular complexity index is 444. The molecule has 2 rings (SSSR count). The van der Waals surface area contributed by atoms with E-state index in [1.165, 1.54) is 0 Å². The Morgan fingerprint density at radius 2 is 1.93 bits per heavy atom. The highest BCUT2D eigenvalue weighted by Gasteiger charge is 2.05. The van der Waals surface area contributed by atoms with Crippen molar-refractivity contribution in [3.8, 4) is 0 Å². The minimum absolute atomic E-state index is 0.0637. The van der Waals surface area contributed by atoms with Crippen molar-refractivity contribution in [1.82, 2.24) is 9.97 Å². The number of rotatable bonds is 2. The highest BCUT2D eigenvalue weighted by Crippen LogP contribution is 2.15. The van der Waals surface area contributed by atoms with Crippen LogP contribution in [0.1, 0.15) is 11.6 Å². The molecule has 0 spiro atoms. The van der Waals surface area contributed by atoms with Gasteiger partial charge in [0.25, 0.3) is 0 Å². The van der Waals surface area contributed by atoms with Gasteiger partial charge in [-0.1, -0.05) is 6.07 Å². The zero-order chi connectivity index (χ0) is 9.97. The summed E-state index contributed by atoms with van der Waals surface area (Å²) in [6.07, 6.45) is 3.28. The van der Waals surface area contributed by atoms with Crippen LogP contribution in [0.3, 0.4) is 0 Å². The molecule has 0 aliphatic rings. The van der Waals surface area contributed by atoms with Crippen molar-refractivity contribution in [3.05, 3.63) is 36.2 Å². The Morgan fingerprint density at radius 1 is 1.21 bits per heavy atom. The Labute approximate surface area is 81.4 Å². The molecule has 0 aliphatic heterocycles. The number of hydrogen-bond donors (Lipinski definition) is 2. The van der Waals surface area contributed by atoms with Gasteiger partial charge in [0.2, 0.25) is 0 Å². The fraction of sp³-hybridized carbons (Fsp3) is 0.200. The van der Waals surface area contributed by atoms with Gasteiger partial charge in [-0.05, 0) is 17.7 Å². The molecule has 0 aliphatic carbocycles. The molecule has 3 N–H and O–H groups in total. The summed E-state index contributed by atoms with van der Waals surface area (Å²) in [6, 6.07) is 5.22. The molecule has 0 fully saturated rings. The maximum Gasteiger partial charge on any atom is 0.0890 e. The maximum absolute atomic E-state index is 8.90. The van der Waals surface area contributed by atoms with E-state index < -0.39 is 0 Å². The van der Waals surface area contributed by atoms with Gasteiger partial charge in [-0.15, -0.1) is 0 Å². The van der Waals surface area contributed by atoms with Gasteiger partial charge < -0.3 is 10.8 Å². The molecular formula is C10H11N3O. The van der Waals surface area contributed by atoms with E-state index in [9.17, 15) is 0 Å². The molecule has 1 heterocycles. The molecule has 14 heavy (non-hydrogen) atoms. The molecular weight excluding hydrogens is 178 g/mol. The van der Waals surface area contributed by atoms with Crippen molar-refractivity contribution in [1.29, 1.82) is 0 Å². The number of nitrogens with zero attached hydrogens (tertiary/aromatic N) is 2. The topological polar surface area (TPSA) is 72.0 Å². The highest BCUT2D eigenvalue weighted by molar-refractivity contribution is 5.74. The zero-order valence-corrected chi connectivity index (χ0v) is 7.59. The van der Waals surface area contributed by atoms with E-state index >= 15 is 0 Å². The van der Waals surface area contributed by atoms with Crippen LogP contribution < -0.4 is 5.73 Å². The van der Waals surface area contributed by atoms with E-state index in [2.05, 4.69) is 9.97 Å². The third kappa shape index (κ3) is 1.57. The Hall–Kier alpha value is -1.52. The lowest BCUT2D eigenvalue weighted by molar-refractivity contribution is 0.268. The summed E-state index contributed by atoms with van der Waals surface area (Å²) in [5.74, 6) is 0. The van der Waals surface area contributed by atoms with Crippen LogP contribution in [0.2, 0.25) is 0 Å². The SMILES string of the molecule is NC(CO)c1ccc2nccnc2c1. The van der Waals surface area contributed by atoms with Crippen LogP contribution in [-0.4, -0.2) is 21.7 Å². The molecule has 1 atom stereocenters. The van der Waals surface area contributed by atoms with E-state index in [0.717, 1.165) is 16.6 Å². The third-order valence-electron chi connectivity index (χ3n) is 2.12. The van der Waals surface area contributed by atoms with Crippen molar-refractivity contribution in [2.24, 2.45) is 5.73 Å². The number of nitrogens with two attached hydrogens (primary N) is 1. The molecule has 0 amide bonds. The third-order valence-corrected chi connectivity index (χ3v) is 2.12. The normalized spacial score (nSPS) is 13.0. The Morgan fingerprint density at radius 3 is 2.64 bits per heavy atom. The number of benzene rings is 1. The van der Waals surface area contributed by atoms with E-state index in [1.54, 1.807) is 12.4 Å². The first kappa shape index (κ1) is 9.05. The summed E-state index contributed by atoms with van der Waals surface area (Å²) in [4.78, 5) is 8.30. The number of hydrogen-bond acceptors (Lipinski definition) is 4. The summed E-state index contributed by atoms with van der Waals surface area (Å²) in [5.41, 5.74) is 8.20. The van der Waals surface area contributed by atoms with Crippen molar-refractivity contribution in [3.63, 3.8) is 0 Å². The summed E-state index contributed by atoms with van der Waals surface area (Å²) >= 11 is 0. The summed E-state index contributed by atoms with van der Waals surface area (Å²) in [7, 11) is 0. The standard InChI is InChI=1S/C10H11N3O/c11-8(6-14)7-1-2-9-10(5-7)13-4-3-12-9/h1-5,8,14H,6,11H2. The molecule has 0 bridgehead atoms. The summed E-state index contributed by atoms with van der Waals surface area (Å²) in [5, 5.41) is 8.90. The Balaban J connectivity index is 2.51. The number of aliphatic hydroxyl groups excluding tert-OH is 1. The highest BCUT2D eigenvalue weighted by atomic mass is 16.3. The van der Waals surface area contributed by atoms with Crippen LogP contribution in [0.25, 0.3) is 11.0 Å². The molecule has 1 aromatic carbocycles. The second-order valence-corrected chi connectivity index (χ2v) is 3.09. The number of aromatic nitrogens is 2. The first-order valence-corrected chi connectivity index (χ1v) is 4.38. The van der Waals surface area contributed by atoms with E-state index in [1.807, 2.05) is 18.2 Å². The van der Waals surface area contributed by atoms with Crippen LogP contribution in [0, 0.1) is 0 Å². The molecule has 4 nitrogen and oxygen atoms in total. The molecule has 72 valence electrons. The van der Waals surface area contributed by atoms with Crippen molar-refractivity contribution in [2.45, 2.75) is 6.04 Å². The lowest BCUT2D eigenvalue weighted by Crippen LogP contribution is -2.14. The van der Waals surface area contributed by atoms with Gasteiger partial charge in [0.1, 0.15) is 0 Å². The molecule has 0 saturated carbocycles. The molecule has 4 heteroatoms. The average Bonchev–Trinajstić information content (AvgIpc) is 2.27. The molecule has 2 aromatic rings.